The Hall–Kier alpha value is -1.39. The molecule has 1 amide bonds. The molecule has 0 fully saturated rings. The fourth-order valence-electron chi connectivity index (χ4n) is 2.90. The fourth-order valence-corrected chi connectivity index (χ4v) is 5.31. The quantitative estimate of drug-likeness (QED) is 0.882. The molecule has 0 saturated carbocycles. The van der Waals surface area contributed by atoms with Crippen molar-refractivity contribution in [2.75, 3.05) is 5.32 Å². The molecule has 1 aliphatic rings. The lowest BCUT2D eigenvalue weighted by atomic mass is 9.97. The Kier molecular flexibility index (Phi) is 6.05. The molecule has 0 spiro atoms. The number of rotatable bonds is 4. The van der Waals surface area contributed by atoms with E-state index in [2.05, 4.69) is 11.4 Å². The highest BCUT2D eigenvalue weighted by Crippen LogP contribution is 2.36. The van der Waals surface area contributed by atoms with E-state index in [1.165, 1.54) is 24.7 Å². The Bertz CT molecular complexity index is 758. The molecule has 1 N–H and O–H groups in total. The van der Waals surface area contributed by atoms with Gasteiger partial charge < -0.3 is 5.32 Å². The van der Waals surface area contributed by atoms with Crippen LogP contribution in [0.1, 0.15) is 62.5 Å². The molecular weight excluding hydrogens is 344 g/mol. The van der Waals surface area contributed by atoms with E-state index in [-0.39, 0.29) is 0 Å². The lowest BCUT2D eigenvalue weighted by molar-refractivity contribution is -0.115. The molecule has 5 nitrogen and oxygen atoms in total. The Morgan fingerprint density at radius 1 is 1.17 bits per heavy atom. The number of carbonyl (C=O) groups is 1. The standard InChI is InChI=1S/C17H24N2O3S2/c1-11(2)24(21,22)12(3)16(20)19-17-14(10-18)13-8-6-4-5-7-9-15(13)23-17/h11-12H,4-9H2,1-3H3,(H,19,20). The van der Waals surface area contributed by atoms with Gasteiger partial charge in [0.2, 0.25) is 5.91 Å². The molecule has 1 heterocycles. The third-order valence-corrected chi connectivity index (χ3v) is 8.26. The van der Waals surface area contributed by atoms with Crippen LogP contribution in [0.2, 0.25) is 0 Å². The molecule has 1 unspecified atom stereocenters. The van der Waals surface area contributed by atoms with Crippen LogP contribution < -0.4 is 5.32 Å². The number of nitrogens with zero attached hydrogens (tertiary/aromatic N) is 1. The topological polar surface area (TPSA) is 87.0 Å². The van der Waals surface area contributed by atoms with E-state index in [1.807, 2.05) is 0 Å². The second-order valence-corrected chi connectivity index (χ2v) is 10.4. The van der Waals surface area contributed by atoms with Crippen molar-refractivity contribution in [2.24, 2.45) is 0 Å². The van der Waals surface area contributed by atoms with Gasteiger partial charge >= 0.3 is 0 Å². The molecule has 0 bridgehead atoms. The van der Waals surface area contributed by atoms with Crippen molar-refractivity contribution >= 4 is 32.1 Å². The first-order chi connectivity index (χ1) is 11.3. The van der Waals surface area contributed by atoms with Gasteiger partial charge in [-0.25, -0.2) is 8.42 Å². The molecule has 2 rings (SSSR count). The number of nitrogens with one attached hydrogen (secondary N) is 1. The molecule has 0 aromatic carbocycles. The highest BCUT2D eigenvalue weighted by atomic mass is 32.2. The summed E-state index contributed by atoms with van der Waals surface area (Å²) in [7, 11) is -3.52. The molecule has 0 aliphatic heterocycles. The average molecular weight is 369 g/mol. The molecule has 0 radical (unpaired) electrons. The van der Waals surface area contributed by atoms with Crippen molar-refractivity contribution in [1.29, 1.82) is 5.26 Å². The Morgan fingerprint density at radius 2 is 1.79 bits per heavy atom. The van der Waals surface area contributed by atoms with Crippen LogP contribution in [0, 0.1) is 11.3 Å². The third-order valence-electron chi connectivity index (χ3n) is 4.54. The zero-order valence-electron chi connectivity index (χ0n) is 14.4. The Morgan fingerprint density at radius 3 is 2.38 bits per heavy atom. The van der Waals surface area contributed by atoms with Crippen molar-refractivity contribution in [2.45, 2.75) is 69.8 Å². The molecule has 1 aliphatic carbocycles. The van der Waals surface area contributed by atoms with Crippen molar-refractivity contribution < 1.29 is 13.2 Å². The molecule has 7 heteroatoms. The number of sulfone groups is 1. The maximum atomic E-state index is 12.4. The lowest BCUT2D eigenvalue weighted by Gasteiger charge is -2.15. The Balaban J connectivity index is 2.28. The van der Waals surface area contributed by atoms with Crippen molar-refractivity contribution in [3.63, 3.8) is 0 Å². The summed E-state index contributed by atoms with van der Waals surface area (Å²) in [5.74, 6) is -0.561. The van der Waals surface area contributed by atoms with Gasteiger partial charge in [-0.05, 0) is 52.0 Å². The molecule has 24 heavy (non-hydrogen) atoms. The first kappa shape index (κ1) is 18.9. The molecule has 1 atom stereocenters. The predicted molar refractivity (Wildman–Crippen MR) is 97.1 cm³/mol. The minimum Gasteiger partial charge on any atom is -0.315 e. The monoisotopic (exact) mass is 368 g/mol. The van der Waals surface area contributed by atoms with Gasteiger partial charge in [-0.1, -0.05) is 12.8 Å². The van der Waals surface area contributed by atoms with Crippen LogP contribution in [0.4, 0.5) is 5.00 Å². The zero-order chi connectivity index (χ0) is 17.9. The summed E-state index contributed by atoms with van der Waals surface area (Å²) in [6, 6.07) is 2.20. The number of amides is 1. The van der Waals surface area contributed by atoms with Crippen LogP contribution >= 0.6 is 11.3 Å². The minimum atomic E-state index is -3.52. The second kappa shape index (κ2) is 7.66. The van der Waals surface area contributed by atoms with Crippen molar-refractivity contribution in [3.05, 3.63) is 16.0 Å². The number of nitriles is 1. The number of fused-ring (bicyclic) bond motifs is 1. The summed E-state index contributed by atoms with van der Waals surface area (Å²) in [6.45, 7) is 4.54. The van der Waals surface area contributed by atoms with Crippen LogP contribution in [0.5, 0.6) is 0 Å². The summed E-state index contributed by atoms with van der Waals surface area (Å²) in [5, 5.41) is 11.0. The van der Waals surface area contributed by atoms with Crippen molar-refractivity contribution in [3.8, 4) is 6.07 Å². The van der Waals surface area contributed by atoms with Crippen LogP contribution in [0.3, 0.4) is 0 Å². The van der Waals surface area contributed by atoms with Gasteiger partial charge in [-0.3, -0.25) is 4.79 Å². The number of aryl methyl sites for hydroxylation is 1. The highest BCUT2D eigenvalue weighted by molar-refractivity contribution is 7.93. The van der Waals surface area contributed by atoms with Crippen LogP contribution in [-0.2, 0) is 27.5 Å². The van der Waals surface area contributed by atoms with Crippen LogP contribution in [0.15, 0.2) is 0 Å². The zero-order valence-corrected chi connectivity index (χ0v) is 16.0. The van der Waals surface area contributed by atoms with Gasteiger partial charge in [0, 0.05) is 4.88 Å². The smallest absolute Gasteiger partial charge is 0.243 e. The first-order valence-electron chi connectivity index (χ1n) is 8.37. The summed E-state index contributed by atoms with van der Waals surface area (Å²) in [6.07, 6.45) is 6.25. The summed E-state index contributed by atoms with van der Waals surface area (Å²) in [5.41, 5.74) is 1.55. The van der Waals surface area contributed by atoms with Gasteiger partial charge in [0.1, 0.15) is 16.3 Å². The SMILES string of the molecule is CC(C)S(=O)(=O)C(C)C(=O)Nc1sc2c(c1C#N)CCCCCC2. The molecule has 1 aromatic rings. The van der Waals surface area contributed by atoms with E-state index in [9.17, 15) is 18.5 Å². The third kappa shape index (κ3) is 3.81. The number of hydrogen-bond donors (Lipinski definition) is 1. The summed E-state index contributed by atoms with van der Waals surface area (Å²) < 4.78 is 24.4. The fraction of sp³-hybridized carbons (Fsp3) is 0.647. The number of carbonyl (C=O) groups excluding carboxylic acids is 1. The second-order valence-electron chi connectivity index (χ2n) is 6.50. The molecular formula is C17H24N2O3S2. The van der Waals surface area contributed by atoms with Gasteiger partial charge in [0.05, 0.1) is 10.8 Å². The average Bonchev–Trinajstić information content (AvgIpc) is 2.81. The summed E-state index contributed by atoms with van der Waals surface area (Å²) in [4.78, 5) is 13.5. The lowest BCUT2D eigenvalue weighted by Crippen LogP contribution is -2.36. The van der Waals surface area contributed by atoms with Crippen molar-refractivity contribution in [1.82, 2.24) is 0 Å². The number of anilines is 1. The van der Waals surface area contributed by atoms with Gasteiger partial charge in [-0.15, -0.1) is 11.3 Å². The molecule has 132 valence electrons. The summed E-state index contributed by atoms with van der Waals surface area (Å²) >= 11 is 1.42. The van der Waals surface area contributed by atoms with Crippen LogP contribution in [-0.4, -0.2) is 24.8 Å². The first-order valence-corrected chi connectivity index (χ1v) is 10.8. The number of hydrogen-bond acceptors (Lipinski definition) is 5. The van der Waals surface area contributed by atoms with Gasteiger partial charge in [-0.2, -0.15) is 5.26 Å². The minimum absolute atomic E-state index is 0.500. The number of thiophene rings is 1. The van der Waals surface area contributed by atoms with E-state index in [1.54, 1.807) is 13.8 Å². The predicted octanol–water partition coefficient (Wildman–Crippen LogP) is 3.43. The van der Waals surface area contributed by atoms with E-state index >= 15 is 0 Å². The molecule has 0 saturated heterocycles. The van der Waals surface area contributed by atoms with E-state index in [4.69, 9.17) is 0 Å². The van der Waals surface area contributed by atoms with E-state index in [0.717, 1.165) is 42.5 Å². The highest BCUT2D eigenvalue weighted by Gasteiger charge is 2.32. The van der Waals surface area contributed by atoms with E-state index < -0.39 is 26.2 Å². The van der Waals surface area contributed by atoms with Crippen LogP contribution in [0.25, 0.3) is 0 Å². The Labute approximate surface area is 148 Å². The largest absolute Gasteiger partial charge is 0.315 e. The van der Waals surface area contributed by atoms with Gasteiger partial charge in [0.15, 0.2) is 9.84 Å². The maximum Gasteiger partial charge on any atom is 0.243 e. The maximum absolute atomic E-state index is 12.4. The van der Waals surface area contributed by atoms with Gasteiger partial charge in [0.25, 0.3) is 0 Å². The normalized spacial score (nSPS) is 16.6. The van der Waals surface area contributed by atoms with E-state index in [0.29, 0.717) is 10.6 Å². The molecule has 1 aromatic heterocycles.